The number of morpholine rings is 1. The predicted molar refractivity (Wildman–Crippen MR) is 68.1 cm³/mol. The number of nitrogens with one attached hydrogen (secondary N) is 2. The van der Waals surface area contributed by atoms with Gasteiger partial charge in [0.25, 0.3) is 5.91 Å². The lowest BCUT2D eigenvalue weighted by atomic mass is 10.0. The van der Waals surface area contributed by atoms with E-state index in [4.69, 9.17) is 4.74 Å². The van der Waals surface area contributed by atoms with Crippen molar-refractivity contribution in [3.05, 3.63) is 35.6 Å². The van der Waals surface area contributed by atoms with Crippen LogP contribution in [-0.4, -0.2) is 31.7 Å². The SMILES string of the molecule is O=C(NC1(c2ccccc2F)CC1)[C@H]1CNCCO1. The maximum absolute atomic E-state index is 13.8. The van der Waals surface area contributed by atoms with Crippen molar-refractivity contribution in [3.8, 4) is 0 Å². The Bertz CT molecular complexity index is 482. The summed E-state index contributed by atoms with van der Waals surface area (Å²) in [5.41, 5.74) is 0.0515. The van der Waals surface area contributed by atoms with Gasteiger partial charge in [-0.15, -0.1) is 0 Å². The fraction of sp³-hybridized carbons (Fsp3) is 0.500. The third-order valence-corrected chi connectivity index (χ3v) is 3.72. The van der Waals surface area contributed by atoms with Crippen molar-refractivity contribution in [1.29, 1.82) is 0 Å². The van der Waals surface area contributed by atoms with E-state index in [0.29, 0.717) is 18.7 Å². The lowest BCUT2D eigenvalue weighted by Gasteiger charge is -2.26. The molecule has 0 aromatic heterocycles. The van der Waals surface area contributed by atoms with E-state index in [1.54, 1.807) is 18.2 Å². The topological polar surface area (TPSA) is 50.4 Å². The molecule has 3 rings (SSSR count). The van der Waals surface area contributed by atoms with Gasteiger partial charge in [0.1, 0.15) is 11.9 Å². The number of ether oxygens (including phenoxy) is 1. The van der Waals surface area contributed by atoms with Crippen LogP contribution in [0.3, 0.4) is 0 Å². The van der Waals surface area contributed by atoms with Crippen molar-refractivity contribution in [2.45, 2.75) is 24.5 Å². The van der Waals surface area contributed by atoms with E-state index in [1.807, 2.05) is 0 Å². The van der Waals surface area contributed by atoms with Crippen LogP contribution in [0.25, 0.3) is 0 Å². The molecule has 0 unspecified atom stereocenters. The molecular formula is C14H17FN2O2. The van der Waals surface area contributed by atoms with Crippen LogP contribution >= 0.6 is 0 Å². The molecule has 2 fully saturated rings. The number of benzene rings is 1. The quantitative estimate of drug-likeness (QED) is 0.853. The summed E-state index contributed by atoms with van der Waals surface area (Å²) in [6, 6.07) is 6.62. The van der Waals surface area contributed by atoms with Gasteiger partial charge in [-0.25, -0.2) is 4.39 Å². The first-order valence-electron chi connectivity index (χ1n) is 6.61. The van der Waals surface area contributed by atoms with E-state index in [1.165, 1.54) is 6.07 Å². The van der Waals surface area contributed by atoms with Gasteiger partial charge in [0.15, 0.2) is 0 Å². The average Bonchev–Trinajstić information content (AvgIpc) is 3.21. The van der Waals surface area contributed by atoms with Crippen LogP contribution in [0.4, 0.5) is 4.39 Å². The summed E-state index contributed by atoms with van der Waals surface area (Å²) in [6.45, 7) is 1.81. The standard InChI is InChI=1S/C14H17FN2O2/c15-11-4-2-1-3-10(11)14(5-6-14)17-13(18)12-9-16-7-8-19-12/h1-4,12,16H,5-9H2,(H,17,18)/t12-/m1/s1. The Hall–Kier alpha value is -1.46. The van der Waals surface area contributed by atoms with E-state index in [0.717, 1.165) is 19.4 Å². The first-order valence-corrected chi connectivity index (χ1v) is 6.61. The van der Waals surface area contributed by atoms with Crippen molar-refractivity contribution < 1.29 is 13.9 Å². The summed E-state index contributed by atoms with van der Waals surface area (Å²) in [5, 5.41) is 6.06. The number of carbonyl (C=O) groups excluding carboxylic acids is 1. The van der Waals surface area contributed by atoms with Crippen LogP contribution in [0, 0.1) is 5.82 Å². The molecule has 1 amide bonds. The Morgan fingerprint density at radius 1 is 1.42 bits per heavy atom. The van der Waals surface area contributed by atoms with Crippen LogP contribution in [0.1, 0.15) is 18.4 Å². The summed E-state index contributed by atoms with van der Waals surface area (Å²) in [6.07, 6.45) is 1.08. The van der Waals surface area contributed by atoms with Crippen LogP contribution in [-0.2, 0) is 15.1 Å². The van der Waals surface area contributed by atoms with Crippen LogP contribution in [0.5, 0.6) is 0 Å². The molecule has 1 saturated carbocycles. The molecule has 1 saturated heterocycles. The molecule has 2 aliphatic rings. The molecule has 0 radical (unpaired) electrons. The van der Waals surface area contributed by atoms with E-state index in [9.17, 15) is 9.18 Å². The summed E-state index contributed by atoms with van der Waals surface area (Å²) in [5.74, 6) is -0.420. The highest BCUT2D eigenvalue weighted by atomic mass is 19.1. The molecule has 1 heterocycles. The van der Waals surface area contributed by atoms with Gasteiger partial charge in [0.2, 0.25) is 0 Å². The van der Waals surface area contributed by atoms with Gasteiger partial charge in [-0.1, -0.05) is 18.2 Å². The molecule has 1 aliphatic carbocycles. The molecule has 102 valence electrons. The zero-order valence-electron chi connectivity index (χ0n) is 10.6. The Balaban J connectivity index is 1.72. The molecule has 4 nitrogen and oxygen atoms in total. The molecule has 2 N–H and O–H groups in total. The molecule has 19 heavy (non-hydrogen) atoms. The number of hydrogen-bond acceptors (Lipinski definition) is 3. The molecule has 5 heteroatoms. The number of hydrogen-bond donors (Lipinski definition) is 2. The van der Waals surface area contributed by atoms with Gasteiger partial charge in [-0.3, -0.25) is 4.79 Å². The number of carbonyl (C=O) groups is 1. The average molecular weight is 264 g/mol. The maximum atomic E-state index is 13.8. The molecule has 1 aromatic rings. The fourth-order valence-corrected chi connectivity index (χ4v) is 2.49. The third kappa shape index (κ3) is 2.48. The second-order valence-electron chi connectivity index (χ2n) is 5.11. The maximum Gasteiger partial charge on any atom is 0.251 e. The van der Waals surface area contributed by atoms with Crippen molar-refractivity contribution in [1.82, 2.24) is 10.6 Å². The minimum Gasteiger partial charge on any atom is -0.366 e. The van der Waals surface area contributed by atoms with Crippen molar-refractivity contribution >= 4 is 5.91 Å². The Morgan fingerprint density at radius 3 is 2.84 bits per heavy atom. The largest absolute Gasteiger partial charge is 0.366 e. The van der Waals surface area contributed by atoms with E-state index in [2.05, 4.69) is 10.6 Å². The molecule has 0 bridgehead atoms. The fourth-order valence-electron chi connectivity index (χ4n) is 2.49. The summed E-state index contributed by atoms with van der Waals surface area (Å²) >= 11 is 0. The Labute approximate surface area is 111 Å². The lowest BCUT2D eigenvalue weighted by molar-refractivity contribution is -0.135. The highest BCUT2D eigenvalue weighted by Gasteiger charge is 2.48. The van der Waals surface area contributed by atoms with Crippen LogP contribution < -0.4 is 10.6 Å². The second-order valence-corrected chi connectivity index (χ2v) is 5.11. The summed E-state index contributed by atoms with van der Waals surface area (Å²) in [7, 11) is 0. The van der Waals surface area contributed by atoms with Gasteiger partial charge in [-0.2, -0.15) is 0 Å². The molecule has 1 aromatic carbocycles. The number of amides is 1. The molecule has 1 atom stereocenters. The first kappa shape index (κ1) is 12.6. The number of halogens is 1. The van der Waals surface area contributed by atoms with Gasteiger partial charge in [-0.05, 0) is 18.9 Å². The second kappa shape index (κ2) is 4.90. The monoisotopic (exact) mass is 264 g/mol. The van der Waals surface area contributed by atoms with E-state index < -0.39 is 11.6 Å². The lowest BCUT2D eigenvalue weighted by Crippen LogP contribution is -2.50. The zero-order valence-corrected chi connectivity index (χ0v) is 10.6. The normalized spacial score (nSPS) is 24.8. The van der Waals surface area contributed by atoms with Crippen molar-refractivity contribution in [2.24, 2.45) is 0 Å². The minimum absolute atomic E-state index is 0.159. The van der Waals surface area contributed by atoms with Crippen LogP contribution in [0.15, 0.2) is 24.3 Å². The van der Waals surface area contributed by atoms with Crippen LogP contribution in [0.2, 0.25) is 0 Å². The zero-order chi connectivity index (χ0) is 13.3. The van der Waals surface area contributed by atoms with Gasteiger partial charge < -0.3 is 15.4 Å². The predicted octanol–water partition coefficient (Wildman–Crippen LogP) is 0.919. The molecule has 0 spiro atoms. The molecular weight excluding hydrogens is 247 g/mol. The van der Waals surface area contributed by atoms with Gasteiger partial charge in [0.05, 0.1) is 12.1 Å². The van der Waals surface area contributed by atoms with Crippen molar-refractivity contribution in [3.63, 3.8) is 0 Å². The van der Waals surface area contributed by atoms with Gasteiger partial charge >= 0.3 is 0 Å². The smallest absolute Gasteiger partial charge is 0.251 e. The Kier molecular flexibility index (Phi) is 3.24. The van der Waals surface area contributed by atoms with E-state index >= 15 is 0 Å². The number of rotatable bonds is 3. The van der Waals surface area contributed by atoms with Crippen molar-refractivity contribution in [2.75, 3.05) is 19.7 Å². The highest BCUT2D eigenvalue weighted by Crippen LogP contribution is 2.46. The summed E-state index contributed by atoms with van der Waals surface area (Å²) in [4.78, 5) is 12.1. The summed E-state index contributed by atoms with van der Waals surface area (Å²) < 4.78 is 19.2. The van der Waals surface area contributed by atoms with E-state index in [-0.39, 0.29) is 11.7 Å². The molecule has 1 aliphatic heterocycles. The third-order valence-electron chi connectivity index (χ3n) is 3.72. The minimum atomic E-state index is -0.525. The highest BCUT2D eigenvalue weighted by molar-refractivity contribution is 5.82. The Morgan fingerprint density at radius 2 is 2.21 bits per heavy atom. The van der Waals surface area contributed by atoms with Gasteiger partial charge in [0, 0.05) is 18.7 Å². The first-order chi connectivity index (χ1) is 9.21.